The van der Waals surface area contributed by atoms with E-state index < -0.39 is 15.9 Å². The molecule has 3 rings (SSSR count). The molecule has 0 saturated heterocycles. The molecule has 0 aliphatic heterocycles. The average molecular weight is 374 g/mol. The number of furan rings is 1. The molecule has 8 nitrogen and oxygen atoms in total. The van der Waals surface area contributed by atoms with Crippen LogP contribution in [-0.2, 0) is 23.6 Å². The maximum absolute atomic E-state index is 12.5. The van der Waals surface area contributed by atoms with Crippen LogP contribution in [-0.4, -0.2) is 24.1 Å². The highest BCUT2D eigenvalue weighted by molar-refractivity contribution is 7.89. The number of rotatable bonds is 6. The molecule has 0 radical (unpaired) electrons. The Bertz CT molecular complexity index is 1020. The van der Waals surface area contributed by atoms with Crippen molar-refractivity contribution < 1.29 is 17.6 Å². The second kappa shape index (κ2) is 7.14. The minimum absolute atomic E-state index is 0.00555. The first-order chi connectivity index (χ1) is 12.3. The first kappa shape index (κ1) is 17.9. The number of carbonyl (C=O) groups excluding carboxylic acids is 1. The summed E-state index contributed by atoms with van der Waals surface area (Å²) in [6.45, 7) is 1.77. The number of amides is 1. The third-order valence-corrected chi connectivity index (χ3v) is 5.14. The smallest absolute Gasteiger partial charge is 0.256 e. The number of carbonyl (C=O) groups is 1. The van der Waals surface area contributed by atoms with Gasteiger partial charge in [-0.25, -0.2) is 13.1 Å². The lowest BCUT2D eigenvalue weighted by atomic mass is 10.1. The zero-order valence-corrected chi connectivity index (χ0v) is 15.1. The summed E-state index contributed by atoms with van der Waals surface area (Å²) in [5.41, 5.74) is 1.47. The van der Waals surface area contributed by atoms with Crippen molar-refractivity contribution in [2.45, 2.75) is 18.4 Å². The van der Waals surface area contributed by atoms with Gasteiger partial charge in [-0.3, -0.25) is 9.48 Å². The van der Waals surface area contributed by atoms with Crippen molar-refractivity contribution >= 4 is 21.6 Å². The van der Waals surface area contributed by atoms with Crippen LogP contribution in [0, 0.1) is 6.92 Å². The fourth-order valence-electron chi connectivity index (χ4n) is 2.36. The highest BCUT2D eigenvalue weighted by Crippen LogP contribution is 2.18. The van der Waals surface area contributed by atoms with E-state index in [9.17, 15) is 13.2 Å². The van der Waals surface area contributed by atoms with Gasteiger partial charge in [0.2, 0.25) is 10.0 Å². The number of anilines is 1. The molecule has 0 atom stereocenters. The van der Waals surface area contributed by atoms with Crippen molar-refractivity contribution in [3.8, 4) is 0 Å². The van der Waals surface area contributed by atoms with E-state index in [1.165, 1.54) is 24.6 Å². The first-order valence-electron chi connectivity index (χ1n) is 7.78. The average Bonchev–Trinajstić information content (AvgIpc) is 3.25. The summed E-state index contributed by atoms with van der Waals surface area (Å²) in [6, 6.07) is 7.76. The Labute approximate surface area is 150 Å². The van der Waals surface area contributed by atoms with E-state index >= 15 is 0 Å². The molecule has 0 unspecified atom stereocenters. The number of sulfonamides is 1. The van der Waals surface area contributed by atoms with E-state index in [0.717, 1.165) is 0 Å². The van der Waals surface area contributed by atoms with Crippen LogP contribution in [0.3, 0.4) is 0 Å². The molecule has 136 valence electrons. The topological polar surface area (TPSA) is 106 Å². The Kier molecular flexibility index (Phi) is 4.92. The fourth-order valence-corrected chi connectivity index (χ4v) is 3.38. The summed E-state index contributed by atoms with van der Waals surface area (Å²) in [6.07, 6.45) is 4.63. The highest BCUT2D eigenvalue weighted by atomic mass is 32.2. The predicted octanol–water partition coefficient (Wildman–Crippen LogP) is 2.05. The summed E-state index contributed by atoms with van der Waals surface area (Å²) < 4.78 is 34.1. The summed E-state index contributed by atoms with van der Waals surface area (Å²) in [7, 11) is -2.05. The third kappa shape index (κ3) is 4.01. The molecular formula is C17H18N4O4S. The second-order valence-corrected chi connectivity index (χ2v) is 7.50. The quantitative estimate of drug-likeness (QED) is 0.687. The Hall–Kier alpha value is -2.91. The standard InChI is InChI=1S/C17H18N4O4S/c1-12-5-6-15(26(23,24)19-10-14-4-3-7-25-14)8-16(12)17(22)20-13-9-18-21(2)11-13/h3-9,11,19H,10H2,1-2H3,(H,20,22). The van der Waals surface area contributed by atoms with Gasteiger partial charge in [0.05, 0.1) is 29.6 Å². The van der Waals surface area contributed by atoms with Crippen molar-refractivity contribution in [1.29, 1.82) is 0 Å². The Balaban J connectivity index is 1.80. The van der Waals surface area contributed by atoms with Gasteiger partial charge in [0.1, 0.15) is 5.76 Å². The first-order valence-corrected chi connectivity index (χ1v) is 9.26. The van der Waals surface area contributed by atoms with E-state index in [0.29, 0.717) is 17.0 Å². The zero-order chi connectivity index (χ0) is 18.7. The van der Waals surface area contributed by atoms with Crippen LogP contribution < -0.4 is 10.0 Å². The van der Waals surface area contributed by atoms with Crippen LogP contribution in [0.15, 0.2) is 58.3 Å². The van der Waals surface area contributed by atoms with Gasteiger partial charge in [0.25, 0.3) is 5.91 Å². The number of hydrogen-bond donors (Lipinski definition) is 2. The molecule has 9 heteroatoms. The van der Waals surface area contributed by atoms with Gasteiger partial charge < -0.3 is 9.73 Å². The number of hydrogen-bond acceptors (Lipinski definition) is 5. The predicted molar refractivity (Wildman–Crippen MR) is 95.1 cm³/mol. The molecule has 0 aliphatic carbocycles. The van der Waals surface area contributed by atoms with E-state index in [1.54, 1.807) is 43.0 Å². The number of nitrogens with one attached hydrogen (secondary N) is 2. The summed E-state index contributed by atoms with van der Waals surface area (Å²) >= 11 is 0. The molecule has 1 amide bonds. The van der Waals surface area contributed by atoms with Crippen LogP contribution in [0.4, 0.5) is 5.69 Å². The molecule has 2 aromatic heterocycles. The van der Waals surface area contributed by atoms with Crippen LogP contribution in [0.1, 0.15) is 21.7 Å². The normalized spacial score (nSPS) is 11.5. The van der Waals surface area contributed by atoms with Crippen molar-refractivity contribution in [3.05, 3.63) is 65.9 Å². The maximum atomic E-state index is 12.5. The Morgan fingerprint density at radius 2 is 2.12 bits per heavy atom. The van der Waals surface area contributed by atoms with Crippen molar-refractivity contribution in [1.82, 2.24) is 14.5 Å². The lowest BCUT2D eigenvalue weighted by Crippen LogP contribution is -2.24. The molecule has 0 bridgehead atoms. The molecule has 0 saturated carbocycles. The van der Waals surface area contributed by atoms with Crippen LogP contribution in [0.5, 0.6) is 0 Å². The number of aryl methyl sites for hydroxylation is 2. The van der Waals surface area contributed by atoms with E-state index in [4.69, 9.17) is 4.42 Å². The SMILES string of the molecule is Cc1ccc(S(=O)(=O)NCc2ccco2)cc1C(=O)Nc1cnn(C)c1. The number of aromatic nitrogens is 2. The molecule has 0 spiro atoms. The van der Waals surface area contributed by atoms with Gasteiger partial charge in [-0.1, -0.05) is 6.07 Å². The fraction of sp³-hybridized carbons (Fsp3) is 0.176. The molecule has 2 N–H and O–H groups in total. The Morgan fingerprint density at radius 1 is 1.31 bits per heavy atom. The van der Waals surface area contributed by atoms with Gasteiger partial charge in [0.15, 0.2) is 0 Å². The van der Waals surface area contributed by atoms with Crippen molar-refractivity contribution in [3.63, 3.8) is 0 Å². The molecule has 0 aliphatic rings. The maximum Gasteiger partial charge on any atom is 0.256 e. The summed E-state index contributed by atoms with van der Waals surface area (Å²) in [5, 5.41) is 6.68. The van der Waals surface area contributed by atoms with Gasteiger partial charge in [-0.05, 0) is 36.8 Å². The van der Waals surface area contributed by atoms with E-state index in [1.807, 2.05) is 0 Å². The minimum Gasteiger partial charge on any atom is -0.468 e. The van der Waals surface area contributed by atoms with Crippen molar-refractivity contribution in [2.24, 2.45) is 7.05 Å². The number of nitrogens with zero attached hydrogens (tertiary/aromatic N) is 2. The minimum atomic E-state index is -3.78. The van der Waals surface area contributed by atoms with Crippen LogP contribution in [0.2, 0.25) is 0 Å². The Morgan fingerprint density at radius 3 is 2.77 bits per heavy atom. The monoisotopic (exact) mass is 374 g/mol. The van der Waals surface area contributed by atoms with Crippen molar-refractivity contribution in [2.75, 3.05) is 5.32 Å². The zero-order valence-electron chi connectivity index (χ0n) is 14.3. The largest absolute Gasteiger partial charge is 0.468 e. The van der Waals surface area contributed by atoms with E-state index in [-0.39, 0.29) is 17.0 Å². The lowest BCUT2D eigenvalue weighted by Gasteiger charge is -2.10. The van der Waals surface area contributed by atoms with Gasteiger partial charge in [-0.2, -0.15) is 5.10 Å². The van der Waals surface area contributed by atoms with Crippen LogP contribution >= 0.6 is 0 Å². The van der Waals surface area contributed by atoms with Crippen LogP contribution in [0.25, 0.3) is 0 Å². The van der Waals surface area contributed by atoms with Gasteiger partial charge in [-0.15, -0.1) is 0 Å². The molecule has 0 fully saturated rings. The lowest BCUT2D eigenvalue weighted by molar-refractivity contribution is 0.102. The summed E-state index contributed by atoms with van der Waals surface area (Å²) in [4.78, 5) is 12.5. The second-order valence-electron chi connectivity index (χ2n) is 5.74. The molecule has 2 heterocycles. The van der Waals surface area contributed by atoms with Gasteiger partial charge in [0, 0.05) is 18.8 Å². The molecule has 1 aromatic carbocycles. The highest BCUT2D eigenvalue weighted by Gasteiger charge is 2.18. The third-order valence-electron chi connectivity index (χ3n) is 3.74. The van der Waals surface area contributed by atoms with E-state index in [2.05, 4.69) is 15.1 Å². The molecule has 26 heavy (non-hydrogen) atoms. The molecule has 3 aromatic rings. The van der Waals surface area contributed by atoms with Gasteiger partial charge >= 0.3 is 0 Å². The summed E-state index contributed by atoms with van der Waals surface area (Å²) in [5.74, 6) is 0.0915. The number of benzene rings is 1. The molecular weight excluding hydrogens is 356 g/mol.